The molecule has 0 aliphatic carbocycles. The van der Waals surface area contributed by atoms with Crippen LogP contribution in [0.1, 0.15) is 0 Å². The molecule has 8 heteroatoms. The molecule has 23 heavy (non-hydrogen) atoms. The highest BCUT2D eigenvalue weighted by Crippen LogP contribution is 2.25. The van der Waals surface area contributed by atoms with Gasteiger partial charge in [0.25, 0.3) is 0 Å². The van der Waals surface area contributed by atoms with E-state index >= 15 is 0 Å². The number of hydrogen-bond donors (Lipinski definition) is 1. The van der Waals surface area contributed by atoms with Crippen molar-refractivity contribution in [3.8, 4) is 11.8 Å². The smallest absolute Gasteiger partial charge is 0.235 e. The number of hydrogen-bond acceptors (Lipinski definition) is 5. The Morgan fingerprint density at radius 1 is 0.913 bits per heavy atom. The number of anilines is 1. The summed E-state index contributed by atoms with van der Waals surface area (Å²) in [4.78, 5) is 11.9. The fourth-order valence-corrected chi connectivity index (χ4v) is 2.07. The molecule has 0 aliphatic heterocycles. The largest absolute Gasteiger partial charge is 0.419 e. The quantitative estimate of drug-likeness (QED) is 0.540. The summed E-state index contributed by atoms with van der Waals surface area (Å²) in [5.41, 5.74) is 6.11. The van der Waals surface area contributed by atoms with Gasteiger partial charge in [0, 0.05) is 18.5 Å². The normalized spacial score (nSPS) is 9.70. The molecule has 5 nitrogen and oxygen atoms in total. The maximum atomic E-state index is 5.55. The summed E-state index contributed by atoms with van der Waals surface area (Å²) >= 11 is 12.1. The van der Waals surface area contributed by atoms with E-state index in [0.717, 1.165) is 8.95 Å². The van der Waals surface area contributed by atoms with Crippen LogP contribution in [0, 0.1) is 0 Å². The highest BCUT2D eigenvalue weighted by Gasteiger charge is 2.03. The third-order valence-corrected chi connectivity index (χ3v) is 4.17. The average Bonchev–Trinajstić information content (AvgIpc) is 2.55. The standard InChI is InChI=1S/C10H8BrN3O.C5H3BrClN/c11-8-2-1-5-13-10(8)15-9-4-3-7(12)6-14-9;6-4-2-1-3-8-5(4)7/h1-6H,12H2;1-3H. The number of nitrogen functional groups attached to an aromatic ring is 1. The third-order valence-electron chi connectivity index (χ3n) is 2.40. The molecule has 0 saturated carbocycles. The van der Waals surface area contributed by atoms with Gasteiger partial charge in [0.15, 0.2) is 0 Å². The zero-order valence-electron chi connectivity index (χ0n) is 11.7. The van der Waals surface area contributed by atoms with Gasteiger partial charge >= 0.3 is 0 Å². The van der Waals surface area contributed by atoms with Crippen LogP contribution in [-0.2, 0) is 0 Å². The molecule has 0 aromatic carbocycles. The number of nitrogens with two attached hydrogens (primary N) is 1. The lowest BCUT2D eigenvalue weighted by atomic mass is 10.4. The van der Waals surface area contributed by atoms with Crippen molar-refractivity contribution in [3.05, 3.63) is 69.1 Å². The molecular formula is C15H11Br2ClN4O. The van der Waals surface area contributed by atoms with Crippen molar-refractivity contribution in [2.75, 3.05) is 5.73 Å². The number of ether oxygens (including phenoxy) is 1. The van der Waals surface area contributed by atoms with Gasteiger partial charge in [0.05, 0.1) is 20.8 Å². The Bertz CT molecular complexity index is 750. The first-order valence-corrected chi connectivity index (χ1v) is 8.28. The number of aromatic nitrogens is 3. The van der Waals surface area contributed by atoms with Crippen LogP contribution in [0.25, 0.3) is 0 Å². The number of halogens is 3. The first-order chi connectivity index (χ1) is 11.1. The summed E-state index contributed by atoms with van der Waals surface area (Å²) in [5.74, 6) is 0.943. The van der Waals surface area contributed by atoms with Gasteiger partial charge in [-0.05, 0) is 62.2 Å². The molecule has 0 bridgehead atoms. The van der Waals surface area contributed by atoms with Gasteiger partial charge in [0.2, 0.25) is 11.8 Å². The van der Waals surface area contributed by atoms with Crippen LogP contribution in [0.4, 0.5) is 5.69 Å². The Morgan fingerprint density at radius 2 is 1.61 bits per heavy atom. The molecule has 2 N–H and O–H groups in total. The van der Waals surface area contributed by atoms with Crippen LogP contribution in [0.5, 0.6) is 11.8 Å². The van der Waals surface area contributed by atoms with E-state index in [0.29, 0.717) is 22.6 Å². The number of nitrogens with zero attached hydrogens (tertiary/aromatic N) is 3. The zero-order chi connectivity index (χ0) is 16.7. The molecule has 3 aromatic heterocycles. The summed E-state index contributed by atoms with van der Waals surface area (Å²) in [6.07, 6.45) is 4.83. The van der Waals surface area contributed by atoms with Crippen LogP contribution < -0.4 is 10.5 Å². The summed E-state index contributed by atoms with van der Waals surface area (Å²) in [6, 6.07) is 10.7. The molecule has 3 heterocycles. The first-order valence-electron chi connectivity index (χ1n) is 6.32. The van der Waals surface area contributed by atoms with Crippen LogP contribution in [0.15, 0.2) is 63.9 Å². The second-order valence-electron chi connectivity index (χ2n) is 4.10. The predicted molar refractivity (Wildman–Crippen MR) is 97.6 cm³/mol. The van der Waals surface area contributed by atoms with E-state index < -0.39 is 0 Å². The lowest BCUT2D eigenvalue weighted by Gasteiger charge is -2.04. The maximum Gasteiger partial charge on any atom is 0.235 e. The Balaban J connectivity index is 0.000000203. The van der Waals surface area contributed by atoms with Crippen molar-refractivity contribution >= 4 is 49.1 Å². The number of rotatable bonds is 2. The van der Waals surface area contributed by atoms with Crippen LogP contribution in [0.3, 0.4) is 0 Å². The summed E-state index contributed by atoms with van der Waals surface area (Å²) in [6.45, 7) is 0. The molecule has 118 valence electrons. The van der Waals surface area contributed by atoms with E-state index in [-0.39, 0.29) is 0 Å². The van der Waals surface area contributed by atoms with E-state index in [4.69, 9.17) is 22.1 Å². The molecule has 3 rings (SSSR count). The lowest BCUT2D eigenvalue weighted by molar-refractivity contribution is 0.442. The van der Waals surface area contributed by atoms with Crippen molar-refractivity contribution in [1.82, 2.24) is 15.0 Å². The van der Waals surface area contributed by atoms with Crippen molar-refractivity contribution in [2.45, 2.75) is 0 Å². The molecule has 0 fully saturated rings. The fourth-order valence-electron chi connectivity index (χ4n) is 1.36. The van der Waals surface area contributed by atoms with Crippen molar-refractivity contribution in [3.63, 3.8) is 0 Å². The summed E-state index contributed by atoms with van der Waals surface area (Å²) < 4.78 is 7.06. The molecule has 0 amide bonds. The molecule has 0 aliphatic rings. The Morgan fingerprint density at radius 3 is 2.13 bits per heavy atom. The Labute approximate surface area is 155 Å². The van der Waals surface area contributed by atoms with Gasteiger partial charge in [-0.15, -0.1) is 0 Å². The van der Waals surface area contributed by atoms with Crippen LogP contribution >= 0.6 is 43.5 Å². The van der Waals surface area contributed by atoms with Gasteiger partial charge in [-0.25, -0.2) is 15.0 Å². The molecular weight excluding hydrogens is 447 g/mol. The monoisotopic (exact) mass is 456 g/mol. The van der Waals surface area contributed by atoms with Crippen molar-refractivity contribution in [1.29, 1.82) is 0 Å². The molecule has 0 radical (unpaired) electrons. The van der Waals surface area contributed by atoms with Crippen LogP contribution in [-0.4, -0.2) is 15.0 Å². The van der Waals surface area contributed by atoms with E-state index in [1.165, 1.54) is 6.20 Å². The average molecular weight is 459 g/mol. The molecule has 0 unspecified atom stereocenters. The second kappa shape index (κ2) is 8.81. The third kappa shape index (κ3) is 5.78. The van der Waals surface area contributed by atoms with E-state index in [9.17, 15) is 0 Å². The first kappa shape index (κ1) is 17.7. The molecule has 3 aromatic rings. The minimum absolute atomic E-state index is 0.462. The molecule has 0 saturated heterocycles. The maximum absolute atomic E-state index is 5.55. The Hall–Kier alpha value is -1.70. The van der Waals surface area contributed by atoms with E-state index in [1.807, 2.05) is 24.3 Å². The summed E-state index contributed by atoms with van der Waals surface area (Å²) in [5, 5.41) is 0.507. The molecule has 0 spiro atoms. The van der Waals surface area contributed by atoms with Gasteiger partial charge < -0.3 is 10.5 Å². The zero-order valence-corrected chi connectivity index (χ0v) is 15.6. The van der Waals surface area contributed by atoms with Crippen molar-refractivity contribution in [2.24, 2.45) is 0 Å². The van der Waals surface area contributed by atoms with E-state index in [1.54, 1.807) is 24.5 Å². The van der Waals surface area contributed by atoms with E-state index in [2.05, 4.69) is 46.8 Å². The minimum Gasteiger partial charge on any atom is -0.419 e. The van der Waals surface area contributed by atoms with Crippen molar-refractivity contribution < 1.29 is 4.74 Å². The van der Waals surface area contributed by atoms with Crippen LogP contribution in [0.2, 0.25) is 5.15 Å². The fraction of sp³-hybridized carbons (Fsp3) is 0. The SMILES string of the molecule is Clc1ncccc1Br.Nc1ccc(Oc2ncccc2Br)nc1. The topological polar surface area (TPSA) is 73.9 Å². The predicted octanol–water partition coefficient (Wildman–Crippen LogP) is 5.11. The highest BCUT2D eigenvalue weighted by atomic mass is 79.9. The van der Waals surface area contributed by atoms with Gasteiger partial charge in [0.1, 0.15) is 5.15 Å². The second-order valence-corrected chi connectivity index (χ2v) is 6.16. The summed E-state index contributed by atoms with van der Waals surface area (Å²) in [7, 11) is 0. The highest BCUT2D eigenvalue weighted by molar-refractivity contribution is 9.10. The van der Waals surface area contributed by atoms with Gasteiger partial charge in [-0.2, -0.15) is 0 Å². The lowest BCUT2D eigenvalue weighted by Crippen LogP contribution is -1.92. The number of pyridine rings is 3. The van der Waals surface area contributed by atoms with Gasteiger partial charge in [-0.1, -0.05) is 11.6 Å². The molecule has 0 atom stereocenters. The minimum atomic E-state index is 0.462. The Kier molecular flexibility index (Phi) is 6.76. The van der Waals surface area contributed by atoms with Gasteiger partial charge in [-0.3, -0.25) is 0 Å².